The molecule has 1 heterocycles. The zero-order chi connectivity index (χ0) is 16.8. The number of fused-ring (bicyclic) bond motifs is 3. The van der Waals surface area contributed by atoms with E-state index in [0.717, 1.165) is 21.8 Å². The molecular formula is C18H19BClO3. The Morgan fingerprint density at radius 3 is 2.52 bits per heavy atom. The molecule has 0 amide bonds. The Bertz CT molecular complexity index is 862. The van der Waals surface area contributed by atoms with Crippen molar-refractivity contribution in [2.45, 2.75) is 38.9 Å². The summed E-state index contributed by atoms with van der Waals surface area (Å²) < 4.78 is 11.7. The molecule has 0 fully saturated rings. The highest BCUT2D eigenvalue weighted by Crippen LogP contribution is 2.32. The fraction of sp³-hybridized carbons (Fsp3) is 0.333. The van der Waals surface area contributed by atoms with Crippen molar-refractivity contribution in [3.05, 3.63) is 41.4 Å². The van der Waals surface area contributed by atoms with Crippen LogP contribution in [0.1, 0.15) is 27.7 Å². The van der Waals surface area contributed by atoms with E-state index in [-0.39, 0.29) is 0 Å². The first kappa shape index (κ1) is 16.4. The lowest BCUT2D eigenvalue weighted by Crippen LogP contribution is -2.49. The smallest absolute Gasteiger partial charge is 0.331 e. The third kappa shape index (κ3) is 2.99. The summed E-state index contributed by atoms with van der Waals surface area (Å²) in [6.07, 6.45) is 0. The lowest BCUT2D eigenvalue weighted by molar-refractivity contribution is -0.0893. The molecule has 119 valence electrons. The first-order chi connectivity index (χ1) is 10.7. The number of furan rings is 1. The van der Waals surface area contributed by atoms with E-state index in [1.54, 1.807) is 21.3 Å². The zero-order valence-electron chi connectivity index (χ0n) is 13.7. The normalized spacial score (nSPS) is 13.0. The van der Waals surface area contributed by atoms with Crippen molar-refractivity contribution in [3.63, 3.8) is 0 Å². The van der Waals surface area contributed by atoms with Crippen molar-refractivity contribution in [3.8, 4) is 0 Å². The van der Waals surface area contributed by atoms with Crippen molar-refractivity contribution in [1.29, 1.82) is 0 Å². The van der Waals surface area contributed by atoms with Gasteiger partial charge in [-0.05, 0) is 45.3 Å². The highest BCUT2D eigenvalue weighted by molar-refractivity contribution is 6.47. The quantitative estimate of drug-likeness (QED) is 0.734. The number of hydrogen-bond acceptors (Lipinski definition) is 3. The largest absolute Gasteiger partial charge is 0.455 e. The van der Waals surface area contributed by atoms with Gasteiger partial charge in [0, 0.05) is 10.8 Å². The second-order valence-electron chi connectivity index (χ2n) is 6.78. The predicted octanol–water partition coefficient (Wildman–Crippen LogP) is 4.05. The molecule has 3 nitrogen and oxygen atoms in total. The van der Waals surface area contributed by atoms with Gasteiger partial charge in [0.1, 0.15) is 5.58 Å². The maximum Gasteiger partial charge on any atom is 0.331 e. The van der Waals surface area contributed by atoms with Gasteiger partial charge in [0.25, 0.3) is 0 Å². The summed E-state index contributed by atoms with van der Waals surface area (Å²) in [5.74, 6) is 0. The van der Waals surface area contributed by atoms with E-state index in [2.05, 4.69) is 0 Å². The minimum absolute atomic E-state index is 0.601. The minimum Gasteiger partial charge on any atom is -0.455 e. The molecule has 0 aliphatic carbocycles. The van der Waals surface area contributed by atoms with E-state index in [4.69, 9.17) is 20.7 Å². The van der Waals surface area contributed by atoms with Crippen LogP contribution in [0, 0.1) is 0 Å². The summed E-state index contributed by atoms with van der Waals surface area (Å²) in [5.41, 5.74) is 0.648. The average molecular weight is 330 g/mol. The number of benzene rings is 2. The van der Waals surface area contributed by atoms with Gasteiger partial charge in [0.15, 0.2) is 5.58 Å². The molecule has 0 saturated carbocycles. The van der Waals surface area contributed by atoms with Crippen LogP contribution < -0.4 is 5.46 Å². The van der Waals surface area contributed by atoms with E-state index in [1.807, 2.05) is 50.2 Å². The van der Waals surface area contributed by atoms with Crippen LogP contribution >= 0.6 is 11.6 Å². The van der Waals surface area contributed by atoms with Crippen LogP contribution in [-0.4, -0.2) is 23.8 Å². The number of rotatable bonds is 4. The third-order valence-electron chi connectivity index (χ3n) is 4.44. The summed E-state index contributed by atoms with van der Waals surface area (Å²) in [6, 6.07) is 11.6. The molecule has 0 bridgehead atoms. The Morgan fingerprint density at radius 1 is 1.09 bits per heavy atom. The van der Waals surface area contributed by atoms with Crippen molar-refractivity contribution >= 4 is 46.5 Å². The number of hydrogen-bond donors (Lipinski definition) is 1. The molecule has 1 radical (unpaired) electrons. The van der Waals surface area contributed by atoms with Gasteiger partial charge in [-0.3, -0.25) is 0 Å². The van der Waals surface area contributed by atoms with Gasteiger partial charge in [-0.1, -0.05) is 35.9 Å². The molecular weight excluding hydrogens is 310 g/mol. The van der Waals surface area contributed by atoms with Gasteiger partial charge in [-0.2, -0.15) is 0 Å². The molecule has 3 aromatic rings. The molecule has 0 aliphatic heterocycles. The van der Waals surface area contributed by atoms with Crippen molar-refractivity contribution in [2.75, 3.05) is 0 Å². The van der Waals surface area contributed by atoms with E-state index in [0.29, 0.717) is 10.6 Å². The Balaban J connectivity index is 1.92. The molecule has 0 unspecified atom stereocenters. The second kappa shape index (κ2) is 5.55. The molecule has 3 rings (SSSR count). The van der Waals surface area contributed by atoms with Gasteiger partial charge in [-0.25, -0.2) is 0 Å². The summed E-state index contributed by atoms with van der Waals surface area (Å²) in [6.45, 7) is 7.16. The lowest BCUT2D eigenvalue weighted by Gasteiger charge is -2.37. The fourth-order valence-corrected chi connectivity index (χ4v) is 2.43. The lowest BCUT2D eigenvalue weighted by atomic mass is 9.82. The molecule has 0 atom stereocenters. The van der Waals surface area contributed by atoms with Gasteiger partial charge in [0.05, 0.1) is 16.2 Å². The molecule has 0 spiro atoms. The van der Waals surface area contributed by atoms with Crippen LogP contribution in [0.25, 0.3) is 21.9 Å². The molecule has 1 aromatic heterocycles. The van der Waals surface area contributed by atoms with Crippen molar-refractivity contribution < 1.29 is 14.2 Å². The SMILES string of the molecule is CC(C)(O)C(C)(C)O[B]c1ccc2c(c1)oc1c(Cl)cccc12. The standard InChI is InChI=1S/C18H19BClO3/c1-17(2,21)18(3,4)23-19-11-8-9-12-13-6-5-7-14(20)16(13)22-15(12)10-11/h5-10,21H,1-4H3. The summed E-state index contributed by atoms with van der Waals surface area (Å²) >= 11 is 6.19. The summed E-state index contributed by atoms with van der Waals surface area (Å²) in [4.78, 5) is 0. The number of para-hydroxylation sites is 1. The highest BCUT2D eigenvalue weighted by Gasteiger charge is 2.35. The molecule has 1 N–H and O–H groups in total. The Kier molecular flexibility index (Phi) is 3.95. The number of aliphatic hydroxyl groups is 1. The number of halogens is 1. The van der Waals surface area contributed by atoms with Crippen LogP contribution in [0.3, 0.4) is 0 Å². The predicted molar refractivity (Wildman–Crippen MR) is 95.6 cm³/mol. The van der Waals surface area contributed by atoms with Gasteiger partial charge in [0.2, 0.25) is 0 Å². The topological polar surface area (TPSA) is 42.6 Å². The molecule has 23 heavy (non-hydrogen) atoms. The molecule has 0 aliphatic rings. The Labute approximate surface area is 141 Å². The van der Waals surface area contributed by atoms with E-state index in [1.165, 1.54) is 0 Å². The van der Waals surface area contributed by atoms with E-state index >= 15 is 0 Å². The first-order valence-electron chi connectivity index (χ1n) is 7.53. The van der Waals surface area contributed by atoms with E-state index in [9.17, 15) is 5.11 Å². The van der Waals surface area contributed by atoms with Crippen molar-refractivity contribution in [2.24, 2.45) is 0 Å². The monoisotopic (exact) mass is 329 g/mol. The molecule has 0 saturated heterocycles. The van der Waals surface area contributed by atoms with Crippen molar-refractivity contribution in [1.82, 2.24) is 0 Å². The first-order valence-corrected chi connectivity index (χ1v) is 7.91. The average Bonchev–Trinajstić information content (AvgIpc) is 2.83. The van der Waals surface area contributed by atoms with Crippen LogP contribution in [-0.2, 0) is 4.65 Å². The molecule has 2 aromatic carbocycles. The Hall–Kier alpha value is -1.49. The van der Waals surface area contributed by atoms with Gasteiger partial charge < -0.3 is 14.2 Å². The maximum atomic E-state index is 10.1. The third-order valence-corrected chi connectivity index (χ3v) is 4.74. The van der Waals surface area contributed by atoms with E-state index < -0.39 is 11.2 Å². The van der Waals surface area contributed by atoms with Crippen LogP contribution in [0.2, 0.25) is 5.02 Å². The second-order valence-corrected chi connectivity index (χ2v) is 7.19. The minimum atomic E-state index is -0.958. The zero-order valence-corrected chi connectivity index (χ0v) is 14.4. The van der Waals surface area contributed by atoms with Gasteiger partial charge >= 0.3 is 7.48 Å². The Morgan fingerprint density at radius 2 is 1.83 bits per heavy atom. The molecule has 5 heteroatoms. The summed E-state index contributed by atoms with van der Waals surface area (Å²) in [5, 5.41) is 12.8. The highest BCUT2D eigenvalue weighted by atomic mass is 35.5. The fourth-order valence-electron chi connectivity index (χ4n) is 2.21. The van der Waals surface area contributed by atoms with Crippen LogP contribution in [0.5, 0.6) is 0 Å². The van der Waals surface area contributed by atoms with Crippen LogP contribution in [0.4, 0.5) is 0 Å². The maximum absolute atomic E-state index is 10.1. The summed E-state index contributed by atoms with van der Waals surface area (Å²) in [7, 11) is 1.65. The van der Waals surface area contributed by atoms with Crippen LogP contribution in [0.15, 0.2) is 40.8 Å². The van der Waals surface area contributed by atoms with Gasteiger partial charge in [-0.15, -0.1) is 0 Å².